The fourth-order valence-corrected chi connectivity index (χ4v) is 1.88. The van der Waals surface area contributed by atoms with Crippen LogP contribution in [0.15, 0.2) is 18.2 Å². The SMILES string of the molecule is CCC(C)(CCN)NC(=O)c1cc(O)ccc1Cl. The third kappa shape index (κ3) is 3.62. The fraction of sp³-hybridized carbons (Fsp3) is 0.462. The maximum atomic E-state index is 12.1. The maximum absolute atomic E-state index is 12.1. The van der Waals surface area contributed by atoms with Crippen molar-refractivity contribution in [2.45, 2.75) is 32.2 Å². The first kappa shape index (κ1) is 14.8. The van der Waals surface area contributed by atoms with Crippen molar-refractivity contribution in [3.8, 4) is 5.75 Å². The molecule has 0 bridgehead atoms. The molecule has 0 fully saturated rings. The molecule has 1 atom stereocenters. The van der Waals surface area contributed by atoms with Gasteiger partial charge >= 0.3 is 0 Å². The lowest BCUT2D eigenvalue weighted by Crippen LogP contribution is -2.46. The summed E-state index contributed by atoms with van der Waals surface area (Å²) >= 11 is 5.94. The molecule has 0 saturated heterocycles. The van der Waals surface area contributed by atoms with Crippen molar-refractivity contribution >= 4 is 17.5 Å². The predicted octanol–water partition coefficient (Wildman–Crippen LogP) is 2.29. The van der Waals surface area contributed by atoms with Gasteiger partial charge in [0.05, 0.1) is 10.6 Å². The third-order valence-electron chi connectivity index (χ3n) is 3.09. The molecule has 0 spiro atoms. The average Bonchev–Trinajstić information content (AvgIpc) is 2.32. The van der Waals surface area contributed by atoms with E-state index >= 15 is 0 Å². The highest BCUT2D eigenvalue weighted by molar-refractivity contribution is 6.33. The van der Waals surface area contributed by atoms with Gasteiger partial charge in [0.1, 0.15) is 5.75 Å². The van der Waals surface area contributed by atoms with Crippen molar-refractivity contribution < 1.29 is 9.90 Å². The Hall–Kier alpha value is -1.26. The standard InChI is InChI=1S/C13H19ClN2O2/c1-3-13(2,6-7-15)16-12(18)10-8-9(17)4-5-11(10)14/h4-5,8,17H,3,6-7,15H2,1-2H3,(H,16,18). The average molecular weight is 271 g/mol. The molecule has 1 unspecified atom stereocenters. The highest BCUT2D eigenvalue weighted by Gasteiger charge is 2.24. The molecule has 1 amide bonds. The summed E-state index contributed by atoms with van der Waals surface area (Å²) in [4.78, 5) is 12.1. The number of nitrogens with two attached hydrogens (primary N) is 1. The first-order valence-electron chi connectivity index (χ1n) is 5.93. The molecule has 0 aliphatic rings. The minimum Gasteiger partial charge on any atom is -0.508 e. The summed E-state index contributed by atoms with van der Waals surface area (Å²) in [5.74, 6) is -0.282. The number of phenolic OH excluding ortho intramolecular Hbond substituents is 1. The summed E-state index contributed by atoms with van der Waals surface area (Å²) in [6.45, 7) is 4.42. The number of halogens is 1. The van der Waals surface area contributed by atoms with Gasteiger partial charge in [-0.1, -0.05) is 18.5 Å². The van der Waals surface area contributed by atoms with Crippen LogP contribution in [-0.2, 0) is 0 Å². The van der Waals surface area contributed by atoms with E-state index in [1.807, 2.05) is 13.8 Å². The molecule has 1 aromatic rings. The normalized spacial score (nSPS) is 14.0. The molecule has 4 N–H and O–H groups in total. The number of benzene rings is 1. The highest BCUT2D eigenvalue weighted by atomic mass is 35.5. The molecule has 4 nitrogen and oxygen atoms in total. The molecular weight excluding hydrogens is 252 g/mol. The summed E-state index contributed by atoms with van der Waals surface area (Å²) in [5, 5.41) is 12.6. The lowest BCUT2D eigenvalue weighted by atomic mass is 9.94. The second-order valence-corrected chi connectivity index (χ2v) is 4.98. The van der Waals surface area contributed by atoms with E-state index in [1.165, 1.54) is 18.2 Å². The van der Waals surface area contributed by atoms with Crippen molar-refractivity contribution in [2.24, 2.45) is 5.73 Å². The summed E-state index contributed by atoms with van der Waals surface area (Å²) in [6, 6.07) is 4.30. The van der Waals surface area contributed by atoms with Gasteiger partial charge in [0.25, 0.3) is 5.91 Å². The Morgan fingerprint density at radius 2 is 2.22 bits per heavy atom. The topological polar surface area (TPSA) is 75.3 Å². The monoisotopic (exact) mass is 270 g/mol. The van der Waals surface area contributed by atoms with Crippen LogP contribution >= 0.6 is 11.6 Å². The number of rotatable bonds is 5. The molecule has 0 radical (unpaired) electrons. The summed E-state index contributed by atoms with van der Waals surface area (Å²) in [5.41, 5.74) is 5.45. The summed E-state index contributed by atoms with van der Waals surface area (Å²) < 4.78 is 0. The van der Waals surface area contributed by atoms with E-state index in [2.05, 4.69) is 5.32 Å². The number of amides is 1. The van der Waals surface area contributed by atoms with Gasteiger partial charge in [0.15, 0.2) is 0 Å². The zero-order valence-corrected chi connectivity index (χ0v) is 11.4. The van der Waals surface area contributed by atoms with E-state index in [1.54, 1.807) is 0 Å². The second kappa shape index (κ2) is 6.07. The molecule has 0 aliphatic heterocycles. The predicted molar refractivity (Wildman–Crippen MR) is 73.0 cm³/mol. The molecule has 5 heteroatoms. The van der Waals surface area contributed by atoms with Crippen molar-refractivity contribution in [3.63, 3.8) is 0 Å². The lowest BCUT2D eigenvalue weighted by molar-refractivity contribution is 0.0899. The number of aromatic hydroxyl groups is 1. The zero-order valence-electron chi connectivity index (χ0n) is 10.7. The number of phenols is 1. The van der Waals surface area contributed by atoms with E-state index in [9.17, 15) is 9.90 Å². The van der Waals surface area contributed by atoms with E-state index in [0.717, 1.165) is 6.42 Å². The molecule has 0 aliphatic carbocycles. The zero-order chi connectivity index (χ0) is 13.8. The van der Waals surface area contributed by atoms with Crippen LogP contribution in [0.3, 0.4) is 0 Å². The highest BCUT2D eigenvalue weighted by Crippen LogP contribution is 2.22. The summed E-state index contributed by atoms with van der Waals surface area (Å²) in [7, 11) is 0. The molecule has 100 valence electrons. The molecule has 18 heavy (non-hydrogen) atoms. The molecule has 0 saturated carbocycles. The van der Waals surface area contributed by atoms with E-state index in [-0.39, 0.29) is 22.8 Å². The Labute approximate surface area is 112 Å². The van der Waals surface area contributed by atoms with Crippen LogP contribution in [0.2, 0.25) is 5.02 Å². The van der Waals surface area contributed by atoms with Crippen LogP contribution < -0.4 is 11.1 Å². The van der Waals surface area contributed by atoms with Gasteiger partial charge in [-0.05, 0) is 44.5 Å². The lowest BCUT2D eigenvalue weighted by Gasteiger charge is -2.29. The minimum absolute atomic E-state index is 0.0153. The van der Waals surface area contributed by atoms with Gasteiger partial charge in [0, 0.05) is 5.54 Å². The maximum Gasteiger partial charge on any atom is 0.253 e. The number of carbonyl (C=O) groups is 1. The third-order valence-corrected chi connectivity index (χ3v) is 3.42. The fourth-order valence-electron chi connectivity index (χ4n) is 1.67. The van der Waals surface area contributed by atoms with Crippen molar-refractivity contribution in [1.29, 1.82) is 0 Å². The minimum atomic E-state index is -0.360. The quantitative estimate of drug-likeness (QED) is 0.768. The van der Waals surface area contributed by atoms with Gasteiger partial charge < -0.3 is 16.2 Å². The largest absolute Gasteiger partial charge is 0.508 e. The van der Waals surface area contributed by atoms with Crippen LogP contribution in [0.25, 0.3) is 0 Å². The second-order valence-electron chi connectivity index (χ2n) is 4.57. The van der Waals surface area contributed by atoms with Crippen molar-refractivity contribution in [3.05, 3.63) is 28.8 Å². The van der Waals surface area contributed by atoms with Crippen LogP contribution in [0.4, 0.5) is 0 Å². The van der Waals surface area contributed by atoms with E-state index < -0.39 is 0 Å². The Bertz CT molecular complexity index is 437. The number of hydrogen-bond donors (Lipinski definition) is 3. The van der Waals surface area contributed by atoms with Crippen LogP contribution in [0, 0.1) is 0 Å². The van der Waals surface area contributed by atoms with E-state index in [4.69, 9.17) is 17.3 Å². The number of nitrogens with one attached hydrogen (secondary N) is 1. The first-order valence-corrected chi connectivity index (χ1v) is 6.31. The number of hydrogen-bond acceptors (Lipinski definition) is 3. The van der Waals surface area contributed by atoms with Gasteiger partial charge in [-0.15, -0.1) is 0 Å². The molecule has 1 rings (SSSR count). The molecule has 0 aromatic heterocycles. The van der Waals surface area contributed by atoms with E-state index in [0.29, 0.717) is 18.0 Å². The molecule has 0 heterocycles. The van der Waals surface area contributed by atoms with Gasteiger partial charge in [-0.25, -0.2) is 0 Å². The summed E-state index contributed by atoms with van der Waals surface area (Å²) in [6.07, 6.45) is 1.46. The Balaban J connectivity index is 2.90. The van der Waals surface area contributed by atoms with Gasteiger partial charge in [-0.3, -0.25) is 4.79 Å². The first-order chi connectivity index (χ1) is 8.41. The van der Waals surface area contributed by atoms with Crippen molar-refractivity contribution in [2.75, 3.05) is 6.54 Å². The van der Waals surface area contributed by atoms with Crippen LogP contribution in [-0.4, -0.2) is 23.1 Å². The smallest absolute Gasteiger partial charge is 0.253 e. The molecule has 1 aromatic carbocycles. The number of carbonyl (C=O) groups excluding carboxylic acids is 1. The van der Waals surface area contributed by atoms with Gasteiger partial charge in [-0.2, -0.15) is 0 Å². The van der Waals surface area contributed by atoms with Gasteiger partial charge in [0.2, 0.25) is 0 Å². The molecular formula is C13H19ClN2O2. The Morgan fingerprint density at radius 3 is 2.78 bits per heavy atom. The Kier molecular flexibility index (Phi) is 4.99. The Morgan fingerprint density at radius 1 is 1.56 bits per heavy atom. The van der Waals surface area contributed by atoms with Crippen LogP contribution in [0.1, 0.15) is 37.0 Å². The van der Waals surface area contributed by atoms with Crippen molar-refractivity contribution in [1.82, 2.24) is 5.32 Å². The van der Waals surface area contributed by atoms with Crippen LogP contribution in [0.5, 0.6) is 5.75 Å².